The van der Waals surface area contributed by atoms with Crippen LogP contribution in [0.15, 0.2) is 33.7 Å². The number of fused-ring (bicyclic) bond motifs is 2. The first-order chi connectivity index (χ1) is 10.9. The van der Waals surface area contributed by atoms with Gasteiger partial charge in [0.25, 0.3) is 5.95 Å². The largest absolute Gasteiger partial charge is 0.299 e. The summed E-state index contributed by atoms with van der Waals surface area (Å²) in [6.07, 6.45) is 1.35. The number of hydrogen-bond donors (Lipinski definition) is 0. The molecule has 2 aliphatic rings. The van der Waals surface area contributed by atoms with Crippen molar-refractivity contribution < 1.29 is 4.79 Å². The maximum absolute atomic E-state index is 12.9. The third-order valence-electron chi connectivity index (χ3n) is 4.51. The predicted octanol–water partition coefficient (Wildman–Crippen LogP) is 3.12. The Bertz CT molecular complexity index is 825. The Morgan fingerprint density at radius 3 is 2.91 bits per heavy atom. The van der Waals surface area contributed by atoms with Crippen molar-refractivity contribution in [1.29, 1.82) is 0 Å². The van der Waals surface area contributed by atoms with Gasteiger partial charge in [-0.15, -0.1) is 0 Å². The van der Waals surface area contributed by atoms with Gasteiger partial charge in [-0.1, -0.05) is 47.0 Å². The van der Waals surface area contributed by atoms with Gasteiger partial charge in [0.05, 0.1) is 12.0 Å². The van der Waals surface area contributed by atoms with E-state index >= 15 is 0 Å². The first kappa shape index (κ1) is 14.7. The van der Waals surface area contributed by atoms with Crippen molar-refractivity contribution in [2.45, 2.75) is 32.7 Å². The predicted molar refractivity (Wildman–Crippen MR) is 88.7 cm³/mol. The molecule has 0 spiro atoms. The van der Waals surface area contributed by atoms with Gasteiger partial charge in [-0.05, 0) is 40.0 Å². The summed E-state index contributed by atoms with van der Waals surface area (Å²) < 4.78 is 2.64. The standard InChI is InChI=1S/C16H16BrN5O/c1-16(2)7-11-13(12(23)8-16)14(9-4-3-5-10(17)6-9)22-15(18-11)19-20-21-22/h3-6,13-14H,7-8H2,1-2H3. The van der Waals surface area contributed by atoms with E-state index in [0.717, 1.165) is 22.2 Å². The number of aliphatic imine (C=N–C) groups is 1. The number of aromatic nitrogens is 4. The van der Waals surface area contributed by atoms with Crippen molar-refractivity contribution in [2.24, 2.45) is 16.3 Å². The van der Waals surface area contributed by atoms with Gasteiger partial charge in [-0.2, -0.15) is 0 Å². The summed E-state index contributed by atoms with van der Waals surface area (Å²) in [7, 11) is 0. The highest BCUT2D eigenvalue weighted by molar-refractivity contribution is 9.10. The minimum atomic E-state index is -0.284. The number of ketones is 1. The highest BCUT2D eigenvalue weighted by atomic mass is 79.9. The summed E-state index contributed by atoms with van der Waals surface area (Å²) in [5.74, 6) is 0.408. The summed E-state index contributed by atoms with van der Waals surface area (Å²) in [5.41, 5.74) is 1.85. The number of rotatable bonds is 1. The summed E-state index contributed by atoms with van der Waals surface area (Å²) in [4.78, 5) is 17.5. The van der Waals surface area contributed by atoms with Gasteiger partial charge >= 0.3 is 0 Å². The zero-order valence-electron chi connectivity index (χ0n) is 12.9. The molecule has 2 unspecified atom stereocenters. The molecule has 0 amide bonds. The molecule has 2 aromatic rings. The van der Waals surface area contributed by atoms with Crippen LogP contribution in [0.2, 0.25) is 0 Å². The van der Waals surface area contributed by atoms with E-state index in [4.69, 9.17) is 0 Å². The van der Waals surface area contributed by atoms with Crippen molar-refractivity contribution in [3.63, 3.8) is 0 Å². The first-order valence-corrected chi connectivity index (χ1v) is 8.37. The van der Waals surface area contributed by atoms with Gasteiger partial charge in [-0.25, -0.2) is 9.67 Å². The lowest BCUT2D eigenvalue weighted by molar-refractivity contribution is -0.124. The van der Waals surface area contributed by atoms with Crippen LogP contribution in [0, 0.1) is 11.3 Å². The minimum absolute atomic E-state index is 0.0656. The van der Waals surface area contributed by atoms with Crippen LogP contribution >= 0.6 is 15.9 Å². The SMILES string of the molecule is CC1(C)CC(=O)C2C(=Nc3nnnn3C2c2cccc(Br)c2)C1. The summed E-state index contributed by atoms with van der Waals surface area (Å²) in [6.45, 7) is 4.21. The van der Waals surface area contributed by atoms with Crippen LogP contribution in [0.5, 0.6) is 0 Å². The Morgan fingerprint density at radius 2 is 2.13 bits per heavy atom. The molecule has 2 heterocycles. The molecular weight excluding hydrogens is 358 g/mol. The number of carbonyl (C=O) groups excluding carboxylic acids is 1. The zero-order valence-corrected chi connectivity index (χ0v) is 14.5. The fourth-order valence-electron chi connectivity index (χ4n) is 3.63. The average Bonchev–Trinajstić information content (AvgIpc) is 2.91. The molecule has 1 aliphatic carbocycles. The van der Waals surface area contributed by atoms with Gasteiger partial charge < -0.3 is 0 Å². The number of benzene rings is 1. The topological polar surface area (TPSA) is 73.0 Å². The van der Waals surface area contributed by atoms with Gasteiger partial charge in [-0.3, -0.25) is 4.79 Å². The van der Waals surface area contributed by atoms with Crippen LogP contribution in [-0.4, -0.2) is 31.7 Å². The number of hydrogen-bond acceptors (Lipinski definition) is 5. The number of nitrogens with zero attached hydrogens (tertiary/aromatic N) is 5. The summed E-state index contributed by atoms with van der Waals surface area (Å²) >= 11 is 3.50. The molecule has 118 valence electrons. The van der Waals surface area contributed by atoms with Crippen molar-refractivity contribution in [2.75, 3.05) is 0 Å². The molecule has 1 saturated carbocycles. The van der Waals surface area contributed by atoms with Crippen molar-refractivity contribution in [1.82, 2.24) is 20.2 Å². The molecule has 2 atom stereocenters. The highest BCUT2D eigenvalue weighted by Crippen LogP contribution is 2.44. The number of Topliss-reactive ketones (excluding diaryl/α,β-unsaturated/α-hetero) is 1. The van der Waals surface area contributed by atoms with Crippen LogP contribution in [0.1, 0.15) is 38.3 Å². The lowest BCUT2D eigenvalue weighted by Gasteiger charge is -2.39. The minimum Gasteiger partial charge on any atom is -0.299 e. The van der Waals surface area contributed by atoms with Crippen LogP contribution in [-0.2, 0) is 4.79 Å². The smallest absolute Gasteiger partial charge is 0.269 e. The third-order valence-corrected chi connectivity index (χ3v) is 5.00. The Balaban J connectivity index is 1.89. The average molecular weight is 374 g/mol. The molecule has 0 bridgehead atoms. The maximum atomic E-state index is 12.9. The summed E-state index contributed by atoms with van der Waals surface area (Å²) in [6, 6.07) is 7.73. The van der Waals surface area contributed by atoms with Gasteiger partial charge in [0.1, 0.15) is 5.78 Å². The van der Waals surface area contributed by atoms with E-state index in [1.165, 1.54) is 0 Å². The normalized spacial score (nSPS) is 25.5. The molecule has 6 nitrogen and oxygen atoms in total. The van der Waals surface area contributed by atoms with E-state index in [-0.39, 0.29) is 23.2 Å². The van der Waals surface area contributed by atoms with Crippen LogP contribution in [0.25, 0.3) is 0 Å². The summed E-state index contributed by atoms with van der Waals surface area (Å²) in [5, 5.41) is 11.9. The van der Waals surface area contributed by atoms with Crippen LogP contribution in [0.4, 0.5) is 5.95 Å². The van der Waals surface area contributed by atoms with Crippen molar-refractivity contribution in [3.8, 4) is 0 Å². The number of halogens is 1. The number of carbonyl (C=O) groups is 1. The quantitative estimate of drug-likeness (QED) is 0.769. The van der Waals surface area contributed by atoms with Crippen molar-refractivity contribution >= 4 is 33.4 Å². The second-order valence-corrected chi connectivity index (χ2v) is 7.90. The molecule has 1 aromatic heterocycles. The molecule has 1 fully saturated rings. The van der Waals surface area contributed by atoms with Gasteiger partial charge in [0.2, 0.25) is 0 Å². The molecule has 23 heavy (non-hydrogen) atoms. The van der Waals surface area contributed by atoms with E-state index in [2.05, 4.69) is 50.3 Å². The monoisotopic (exact) mass is 373 g/mol. The molecule has 0 saturated heterocycles. The van der Waals surface area contributed by atoms with Crippen molar-refractivity contribution in [3.05, 3.63) is 34.3 Å². The second-order valence-electron chi connectivity index (χ2n) is 6.99. The van der Waals surface area contributed by atoms with E-state index < -0.39 is 0 Å². The van der Waals surface area contributed by atoms with E-state index in [0.29, 0.717) is 12.4 Å². The van der Waals surface area contributed by atoms with E-state index in [9.17, 15) is 4.79 Å². The Kier molecular flexibility index (Phi) is 3.23. The first-order valence-electron chi connectivity index (χ1n) is 7.58. The second kappa shape index (κ2) is 5.06. The van der Waals surface area contributed by atoms with Crippen LogP contribution < -0.4 is 0 Å². The molecule has 7 heteroatoms. The van der Waals surface area contributed by atoms with E-state index in [1.807, 2.05) is 24.3 Å². The molecule has 0 N–H and O–H groups in total. The molecule has 1 aliphatic heterocycles. The fraction of sp³-hybridized carbons (Fsp3) is 0.438. The Morgan fingerprint density at radius 1 is 1.30 bits per heavy atom. The number of tetrazole rings is 1. The molecule has 0 radical (unpaired) electrons. The maximum Gasteiger partial charge on any atom is 0.269 e. The molecule has 1 aromatic carbocycles. The van der Waals surface area contributed by atoms with Crippen LogP contribution in [0.3, 0.4) is 0 Å². The Labute approximate surface area is 142 Å². The molecular formula is C16H16BrN5O. The lowest BCUT2D eigenvalue weighted by atomic mass is 9.67. The third kappa shape index (κ3) is 2.43. The van der Waals surface area contributed by atoms with Gasteiger partial charge in [0, 0.05) is 16.6 Å². The lowest BCUT2D eigenvalue weighted by Crippen LogP contribution is -2.44. The highest BCUT2D eigenvalue weighted by Gasteiger charge is 2.46. The fourth-order valence-corrected chi connectivity index (χ4v) is 4.05. The van der Waals surface area contributed by atoms with Gasteiger partial charge in [0.15, 0.2) is 0 Å². The molecule has 4 rings (SSSR count). The zero-order chi connectivity index (χ0) is 16.2. The Hall–Kier alpha value is -1.89. The van der Waals surface area contributed by atoms with E-state index in [1.54, 1.807) is 4.68 Å².